The van der Waals surface area contributed by atoms with Gasteiger partial charge in [0.15, 0.2) is 0 Å². The summed E-state index contributed by atoms with van der Waals surface area (Å²) in [5, 5.41) is 9.82. The highest BCUT2D eigenvalue weighted by Crippen LogP contribution is 2.57. The molecule has 0 radical (unpaired) electrons. The zero-order valence-electron chi connectivity index (χ0n) is 8.76. The molecule has 1 N–H and O–H groups in total. The Morgan fingerprint density at radius 1 is 1.60 bits per heavy atom. The minimum absolute atomic E-state index is 0.0337. The minimum atomic E-state index is -0.206. The van der Waals surface area contributed by atoms with Crippen molar-refractivity contribution in [3.05, 3.63) is 20.3 Å². The molecule has 3 unspecified atom stereocenters. The fourth-order valence-electron chi connectivity index (χ4n) is 2.39. The third-order valence-corrected chi connectivity index (χ3v) is 5.35. The third-order valence-electron chi connectivity index (χ3n) is 3.84. The van der Waals surface area contributed by atoms with E-state index < -0.39 is 0 Å². The average Bonchev–Trinajstić information content (AvgIpc) is 2.52. The van der Waals surface area contributed by atoms with E-state index in [2.05, 4.69) is 13.8 Å². The first-order valence-corrected chi connectivity index (χ1v) is 6.69. The van der Waals surface area contributed by atoms with Gasteiger partial charge in [0.1, 0.15) is 0 Å². The van der Waals surface area contributed by atoms with Crippen molar-refractivity contribution >= 4 is 34.5 Å². The number of thiophene rings is 1. The first kappa shape index (κ1) is 11.7. The van der Waals surface area contributed by atoms with Crippen molar-refractivity contribution in [2.24, 2.45) is 5.41 Å². The van der Waals surface area contributed by atoms with E-state index in [9.17, 15) is 5.11 Å². The summed E-state index contributed by atoms with van der Waals surface area (Å²) in [7, 11) is 0. The monoisotopic (exact) mass is 264 g/mol. The zero-order valence-corrected chi connectivity index (χ0v) is 11.1. The second kappa shape index (κ2) is 3.92. The normalized spacial score (nSPS) is 35.3. The highest BCUT2D eigenvalue weighted by atomic mass is 35.5. The maximum atomic E-state index is 9.82. The van der Waals surface area contributed by atoms with Gasteiger partial charge in [-0.1, -0.05) is 37.0 Å². The molecule has 1 aliphatic rings. The maximum absolute atomic E-state index is 9.82. The van der Waals surface area contributed by atoms with Crippen LogP contribution in [-0.2, 0) is 0 Å². The Morgan fingerprint density at radius 3 is 2.67 bits per heavy atom. The fraction of sp³-hybridized carbons (Fsp3) is 0.636. The van der Waals surface area contributed by atoms with Crippen LogP contribution in [-0.4, -0.2) is 11.2 Å². The van der Waals surface area contributed by atoms with Crippen LogP contribution in [0.1, 0.15) is 38.2 Å². The molecule has 84 valence electrons. The van der Waals surface area contributed by atoms with Crippen LogP contribution in [0.4, 0.5) is 0 Å². The Balaban J connectivity index is 2.30. The molecule has 1 saturated carbocycles. The fourth-order valence-corrected chi connectivity index (χ4v) is 3.97. The first-order chi connectivity index (χ1) is 6.99. The number of halogens is 2. The molecule has 0 spiro atoms. The summed E-state index contributed by atoms with van der Waals surface area (Å²) in [6.45, 7) is 4.23. The van der Waals surface area contributed by atoms with Crippen molar-refractivity contribution in [3.8, 4) is 0 Å². The van der Waals surface area contributed by atoms with Crippen LogP contribution < -0.4 is 0 Å². The molecule has 15 heavy (non-hydrogen) atoms. The highest BCUT2D eigenvalue weighted by Gasteiger charge is 2.50. The van der Waals surface area contributed by atoms with Gasteiger partial charge in [-0.25, -0.2) is 0 Å². The van der Waals surface area contributed by atoms with Crippen LogP contribution in [0.2, 0.25) is 8.67 Å². The zero-order chi connectivity index (χ0) is 11.2. The van der Waals surface area contributed by atoms with Crippen LogP contribution in [0.5, 0.6) is 0 Å². The molecule has 0 aromatic carbocycles. The lowest BCUT2D eigenvalue weighted by atomic mass is 9.56. The van der Waals surface area contributed by atoms with E-state index in [0.717, 1.165) is 27.1 Å². The Morgan fingerprint density at radius 2 is 2.27 bits per heavy atom. The van der Waals surface area contributed by atoms with Crippen molar-refractivity contribution in [2.45, 2.75) is 38.7 Å². The van der Waals surface area contributed by atoms with E-state index in [4.69, 9.17) is 23.2 Å². The standard InChI is InChI=1S/C11H14Cl2OS/c1-3-11(2)7(5-8(11)14)6-4-9(12)15-10(6)13/h4,7-8,14H,3,5H2,1-2H3. The molecule has 4 heteroatoms. The summed E-state index contributed by atoms with van der Waals surface area (Å²) in [6, 6.07) is 1.94. The molecule has 0 aliphatic heterocycles. The van der Waals surface area contributed by atoms with Crippen LogP contribution in [0.25, 0.3) is 0 Å². The van der Waals surface area contributed by atoms with Gasteiger partial charge in [0.25, 0.3) is 0 Å². The smallest absolute Gasteiger partial charge is 0.0979 e. The molecular weight excluding hydrogens is 251 g/mol. The van der Waals surface area contributed by atoms with Gasteiger partial charge in [-0.2, -0.15) is 0 Å². The maximum Gasteiger partial charge on any atom is 0.0979 e. The number of aliphatic hydroxyl groups is 1. The molecule has 0 amide bonds. The Bertz CT molecular complexity index is 377. The van der Waals surface area contributed by atoms with Gasteiger partial charge in [-0.05, 0) is 30.4 Å². The van der Waals surface area contributed by atoms with E-state index >= 15 is 0 Å². The molecule has 3 atom stereocenters. The molecule has 0 saturated heterocycles. The average molecular weight is 265 g/mol. The Kier molecular flexibility index (Phi) is 3.06. The summed E-state index contributed by atoms with van der Waals surface area (Å²) in [4.78, 5) is 0. The number of aliphatic hydroxyl groups excluding tert-OH is 1. The van der Waals surface area contributed by atoms with Gasteiger partial charge in [0.2, 0.25) is 0 Å². The molecule has 1 fully saturated rings. The molecule has 0 bridgehead atoms. The second-order valence-corrected chi connectivity index (χ2v) is 6.73. The highest BCUT2D eigenvalue weighted by molar-refractivity contribution is 7.20. The number of hydrogen-bond acceptors (Lipinski definition) is 2. The molecule has 1 heterocycles. The van der Waals surface area contributed by atoms with Crippen molar-refractivity contribution in [2.75, 3.05) is 0 Å². The topological polar surface area (TPSA) is 20.2 Å². The van der Waals surface area contributed by atoms with E-state index in [-0.39, 0.29) is 11.5 Å². The summed E-state index contributed by atoms with van der Waals surface area (Å²) in [6.07, 6.45) is 1.56. The van der Waals surface area contributed by atoms with Crippen molar-refractivity contribution in [1.82, 2.24) is 0 Å². The minimum Gasteiger partial charge on any atom is -0.393 e. The second-order valence-electron chi connectivity index (χ2n) is 4.44. The Hall–Kier alpha value is 0.240. The lowest BCUT2D eigenvalue weighted by Crippen LogP contribution is -2.49. The molecular formula is C11H14Cl2OS. The predicted octanol–water partition coefficient (Wildman–Crippen LogP) is 4.32. The van der Waals surface area contributed by atoms with Crippen LogP contribution in [0.15, 0.2) is 6.07 Å². The molecule has 1 aromatic rings. The van der Waals surface area contributed by atoms with Gasteiger partial charge in [0.05, 0.1) is 14.8 Å². The van der Waals surface area contributed by atoms with Gasteiger partial charge in [-0.3, -0.25) is 0 Å². The predicted molar refractivity (Wildman–Crippen MR) is 66.1 cm³/mol. The van der Waals surface area contributed by atoms with Gasteiger partial charge < -0.3 is 5.11 Å². The molecule has 1 nitrogen and oxygen atoms in total. The Labute approximate surface area is 104 Å². The van der Waals surface area contributed by atoms with Gasteiger partial charge in [0, 0.05) is 5.41 Å². The first-order valence-electron chi connectivity index (χ1n) is 5.11. The SMILES string of the molecule is CCC1(C)C(O)CC1c1cc(Cl)sc1Cl. The quantitative estimate of drug-likeness (QED) is 0.844. The summed E-state index contributed by atoms with van der Waals surface area (Å²) in [5.74, 6) is 0.355. The summed E-state index contributed by atoms with van der Waals surface area (Å²) < 4.78 is 1.51. The van der Waals surface area contributed by atoms with Gasteiger partial charge >= 0.3 is 0 Å². The van der Waals surface area contributed by atoms with Crippen molar-refractivity contribution < 1.29 is 5.11 Å². The number of rotatable bonds is 2. The van der Waals surface area contributed by atoms with E-state index in [1.807, 2.05) is 6.07 Å². The lowest BCUT2D eigenvalue weighted by molar-refractivity contribution is -0.0776. The molecule has 2 rings (SSSR count). The van der Waals surface area contributed by atoms with E-state index in [1.165, 1.54) is 11.3 Å². The third kappa shape index (κ3) is 1.72. The van der Waals surface area contributed by atoms with E-state index in [0.29, 0.717) is 5.92 Å². The van der Waals surface area contributed by atoms with Crippen LogP contribution in [0, 0.1) is 5.41 Å². The van der Waals surface area contributed by atoms with Crippen LogP contribution >= 0.6 is 34.5 Å². The largest absolute Gasteiger partial charge is 0.393 e. The summed E-state index contributed by atoms with van der Waals surface area (Å²) >= 11 is 13.5. The van der Waals surface area contributed by atoms with Gasteiger partial charge in [-0.15, -0.1) is 11.3 Å². The molecule has 1 aromatic heterocycles. The summed E-state index contributed by atoms with van der Waals surface area (Å²) in [5.41, 5.74) is 1.08. The molecule has 1 aliphatic carbocycles. The number of hydrogen-bond donors (Lipinski definition) is 1. The van der Waals surface area contributed by atoms with E-state index in [1.54, 1.807) is 0 Å². The van der Waals surface area contributed by atoms with Crippen molar-refractivity contribution in [1.29, 1.82) is 0 Å². The lowest BCUT2D eigenvalue weighted by Gasteiger charge is -2.51. The van der Waals surface area contributed by atoms with Crippen molar-refractivity contribution in [3.63, 3.8) is 0 Å². The van der Waals surface area contributed by atoms with Crippen LogP contribution in [0.3, 0.4) is 0 Å².